The van der Waals surface area contributed by atoms with Gasteiger partial charge in [-0.05, 0) is 50.8 Å². The van der Waals surface area contributed by atoms with Crippen LogP contribution in [-0.4, -0.2) is 41.6 Å². The molecule has 190 valence electrons. The number of nitriles is 1. The molecule has 2 aliphatic carbocycles. The third-order valence-electron chi connectivity index (χ3n) is 7.20. The molecule has 0 bridgehead atoms. The van der Waals surface area contributed by atoms with Gasteiger partial charge in [0.1, 0.15) is 6.10 Å². The molecule has 2 aromatic rings. The van der Waals surface area contributed by atoms with E-state index in [-0.39, 0.29) is 30.8 Å². The Morgan fingerprint density at radius 3 is 2.56 bits per heavy atom. The molecular formula is C29H34N2O5. The molecule has 1 unspecified atom stereocenters. The molecule has 3 fully saturated rings. The zero-order valence-electron chi connectivity index (χ0n) is 21.2. The Hall–Kier alpha value is -2.76. The average molecular weight is 491 g/mol. The number of hydrogen-bond donors (Lipinski definition) is 1. The maximum atomic E-state index is 13.7. The molecule has 4 atom stereocenters. The minimum atomic E-state index is -1.16. The number of benzene rings is 2. The van der Waals surface area contributed by atoms with E-state index in [0.29, 0.717) is 25.0 Å². The molecule has 3 aliphatic rings. The van der Waals surface area contributed by atoms with Crippen LogP contribution in [0.2, 0.25) is 0 Å². The molecule has 1 heterocycles. The fraction of sp³-hybridized carbons (Fsp3) is 0.517. The van der Waals surface area contributed by atoms with Crippen molar-refractivity contribution in [3.63, 3.8) is 0 Å². The normalized spacial score (nSPS) is 28.8. The highest BCUT2D eigenvalue weighted by molar-refractivity contribution is 5.86. The second-order valence-corrected chi connectivity index (χ2v) is 10.7. The molecule has 1 saturated heterocycles. The maximum Gasteiger partial charge on any atom is 0.252 e. The van der Waals surface area contributed by atoms with E-state index in [0.717, 1.165) is 24.0 Å². The lowest BCUT2D eigenvalue weighted by atomic mass is 9.78. The van der Waals surface area contributed by atoms with E-state index >= 15 is 0 Å². The molecule has 1 aliphatic heterocycles. The van der Waals surface area contributed by atoms with Crippen LogP contribution in [0.3, 0.4) is 0 Å². The van der Waals surface area contributed by atoms with Gasteiger partial charge in [0.05, 0.1) is 37.1 Å². The van der Waals surface area contributed by atoms with Gasteiger partial charge in [-0.2, -0.15) is 5.26 Å². The number of hydrogen-bond acceptors (Lipinski definition) is 6. The number of rotatable bonds is 8. The molecule has 0 spiro atoms. The topological polar surface area (TPSA) is 89.8 Å². The predicted molar refractivity (Wildman–Crippen MR) is 133 cm³/mol. The Kier molecular flexibility index (Phi) is 6.88. The van der Waals surface area contributed by atoms with E-state index in [1.165, 1.54) is 5.56 Å². The quantitative estimate of drug-likeness (QED) is 0.594. The number of nitrogens with one attached hydrogen (secondary N) is 1. The molecule has 0 aromatic heterocycles. The second-order valence-electron chi connectivity index (χ2n) is 10.7. The van der Waals surface area contributed by atoms with Crippen LogP contribution in [-0.2, 0) is 37.0 Å². The highest BCUT2D eigenvalue weighted by atomic mass is 16.8. The summed E-state index contributed by atoms with van der Waals surface area (Å²) >= 11 is 0. The highest BCUT2D eigenvalue weighted by Gasteiger charge is 2.58. The highest BCUT2D eigenvalue weighted by Crippen LogP contribution is 2.44. The molecule has 7 nitrogen and oxygen atoms in total. The lowest BCUT2D eigenvalue weighted by Gasteiger charge is -2.43. The first-order valence-corrected chi connectivity index (χ1v) is 12.7. The predicted octanol–water partition coefficient (Wildman–Crippen LogP) is 4.30. The number of carbonyl (C=O) groups is 1. The summed E-state index contributed by atoms with van der Waals surface area (Å²) in [4.78, 5) is 13.7. The molecule has 5 rings (SSSR count). The third-order valence-corrected chi connectivity index (χ3v) is 7.20. The molecule has 2 aromatic carbocycles. The van der Waals surface area contributed by atoms with Crippen molar-refractivity contribution in [2.75, 3.05) is 0 Å². The first-order valence-electron chi connectivity index (χ1n) is 12.7. The van der Waals surface area contributed by atoms with Gasteiger partial charge in [0.2, 0.25) is 0 Å². The molecule has 1 N–H and O–H groups in total. The van der Waals surface area contributed by atoms with Gasteiger partial charge in [-0.25, -0.2) is 0 Å². The van der Waals surface area contributed by atoms with Crippen molar-refractivity contribution in [2.45, 2.75) is 95.4 Å². The van der Waals surface area contributed by atoms with Crippen molar-refractivity contribution in [3.05, 3.63) is 70.8 Å². The first-order chi connectivity index (χ1) is 17.3. The van der Waals surface area contributed by atoms with E-state index in [9.17, 15) is 10.1 Å². The first kappa shape index (κ1) is 24.9. The van der Waals surface area contributed by atoms with E-state index in [1.54, 1.807) is 6.07 Å². The lowest BCUT2D eigenvalue weighted by molar-refractivity contribution is -0.183. The Balaban J connectivity index is 1.41. The fourth-order valence-electron chi connectivity index (χ4n) is 5.11. The van der Waals surface area contributed by atoms with E-state index < -0.39 is 17.5 Å². The minimum absolute atomic E-state index is 0.143. The van der Waals surface area contributed by atoms with Gasteiger partial charge in [-0.1, -0.05) is 48.0 Å². The van der Waals surface area contributed by atoms with Crippen molar-refractivity contribution in [3.8, 4) is 6.07 Å². The van der Waals surface area contributed by atoms with Crippen LogP contribution in [0.15, 0.2) is 48.5 Å². The summed E-state index contributed by atoms with van der Waals surface area (Å²) in [6.45, 7) is 6.37. The molecule has 1 amide bonds. The Bertz CT molecular complexity index is 1140. The number of ether oxygens (including phenoxy) is 4. The Morgan fingerprint density at radius 1 is 1.08 bits per heavy atom. The molecule has 0 radical (unpaired) electrons. The van der Waals surface area contributed by atoms with Crippen LogP contribution < -0.4 is 5.32 Å². The van der Waals surface area contributed by atoms with Crippen molar-refractivity contribution >= 4 is 5.91 Å². The summed E-state index contributed by atoms with van der Waals surface area (Å²) in [7, 11) is 0. The molecular weight excluding hydrogens is 456 g/mol. The lowest BCUT2D eigenvalue weighted by Crippen LogP contribution is -2.60. The van der Waals surface area contributed by atoms with Crippen LogP contribution in [0, 0.1) is 18.3 Å². The zero-order valence-corrected chi connectivity index (χ0v) is 21.2. The van der Waals surface area contributed by atoms with E-state index in [4.69, 9.17) is 18.9 Å². The van der Waals surface area contributed by atoms with Gasteiger partial charge in [0, 0.05) is 18.9 Å². The van der Waals surface area contributed by atoms with Gasteiger partial charge in [0.25, 0.3) is 5.91 Å². The summed E-state index contributed by atoms with van der Waals surface area (Å²) in [5.74, 6) is -0.924. The average Bonchev–Trinajstić information content (AvgIpc) is 3.62. The monoisotopic (exact) mass is 490 g/mol. The fourth-order valence-corrected chi connectivity index (χ4v) is 5.11. The van der Waals surface area contributed by atoms with Crippen LogP contribution in [0.4, 0.5) is 0 Å². The summed E-state index contributed by atoms with van der Waals surface area (Å²) < 4.78 is 25.4. The largest absolute Gasteiger partial charge is 0.371 e. The Labute approximate surface area is 212 Å². The minimum Gasteiger partial charge on any atom is -0.371 e. The molecule has 36 heavy (non-hydrogen) atoms. The number of aryl methyl sites for hydroxylation is 1. The van der Waals surface area contributed by atoms with Gasteiger partial charge < -0.3 is 24.3 Å². The van der Waals surface area contributed by atoms with Crippen LogP contribution in [0.5, 0.6) is 0 Å². The van der Waals surface area contributed by atoms with Crippen molar-refractivity contribution in [1.29, 1.82) is 5.26 Å². The van der Waals surface area contributed by atoms with E-state index in [2.05, 4.69) is 30.4 Å². The summed E-state index contributed by atoms with van der Waals surface area (Å²) in [6, 6.07) is 17.9. The van der Waals surface area contributed by atoms with Crippen LogP contribution in [0.25, 0.3) is 0 Å². The van der Waals surface area contributed by atoms with Gasteiger partial charge in [-0.15, -0.1) is 0 Å². The number of fused-ring (bicyclic) bond motifs is 1. The third kappa shape index (κ3) is 5.47. The zero-order chi connectivity index (χ0) is 25.3. The smallest absolute Gasteiger partial charge is 0.252 e. The van der Waals surface area contributed by atoms with Crippen molar-refractivity contribution in [2.24, 2.45) is 0 Å². The maximum absolute atomic E-state index is 13.7. The van der Waals surface area contributed by atoms with Gasteiger partial charge >= 0.3 is 0 Å². The summed E-state index contributed by atoms with van der Waals surface area (Å²) in [5.41, 5.74) is 2.37. The standard InChI is InChI=1S/C29H34N2O5/c1-19-8-10-20(11-9-19)17-33-24-14-29(27(32)31-23-12-13-23,15-25-26(24)36-28(2,3)35-25)34-18-22-7-5-4-6-21(22)16-30/h4-11,23-26H,12-15,17-18H2,1-3H3,(H,31,32)/t24?,25-,26+,29-/m1/s1. The number of nitrogens with zero attached hydrogens (tertiary/aromatic N) is 1. The van der Waals surface area contributed by atoms with Gasteiger partial charge in [0.15, 0.2) is 11.4 Å². The van der Waals surface area contributed by atoms with Gasteiger partial charge in [-0.3, -0.25) is 4.79 Å². The second kappa shape index (κ2) is 9.95. The van der Waals surface area contributed by atoms with Crippen molar-refractivity contribution in [1.82, 2.24) is 5.32 Å². The summed E-state index contributed by atoms with van der Waals surface area (Å²) in [5, 5.41) is 12.7. The van der Waals surface area contributed by atoms with E-state index in [1.807, 2.05) is 44.2 Å². The number of amides is 1. The summed E-state index contributed by atoms with van der Waals surface area (Å²) in [6.07, 6.45) is 1.60. The van der Waals surface area contributed by atoms with Crippen molar-refractivity contribution < 1.29 is 23.7 Å². The molecule has 7 heteroatoms. The van der Waals surface area contributed by atoms with Crippen LogP contribution >= 0.6 is 0 Å². The Morgan fingerprint density at radius 2 is 1.83 bits per heavy atom. The number of carbonyl (C=O) groups excluding carboxylic acids is 1. The van der Waals surface area contributed by atoms with Crippen LogP contribution in [0.1, 0.15) is 61.8 Å². The molecule has 2 saturated carbocycles. The SMILES string of the molecule is Cc1ccc(COC2C[C@](OCc3ccccc3C#N)(C(=O)NC3CC3)C[C@H]3OC(C)(C)O[C@@H]23)cc1.